The average Bonchev–Trinajstić information content (AvgIpc) is 2.63. The zero-order chi connectivity index (χ0) is 17.0. The summed E-state index contributed by atoms with van der Waals surface area (Å²) in [5.74, 6) is 8.22. The number of hydrogen-bond donors (Lipinski definition) is 0. The first kappa shape index (κ1) is 19.0. The van der Waals surface area contributed by atoms with Gasteiger partial charge in [-0.2, -0.15) is 5.10 Å². The third-order valence-corrected chi connectivity index (χ3v) is 5.22. The number of unbranched alkanes of at least 4 members (excludes halogenated alkanes) is 4. The first-order valence-corrected chi connectivity index (χ1v) is 10.2. The molecular weight excluding hydrogens is 292 g/mol. The minimum Gasteiger partial charge on any atom is -0.154 e. The van der Waals surface area contributed by atoms with E-state index in [2.05, 4.69) is 42.0 Å². The lowest BCUT2D eigenvalue weighted by molar-refractivity contribution is 0.294. The fourth-order valence-electron chi connectivity index (χ4n) is 3.57. The molecule has 1 saturated carbocycles. The molecule has 0 atom stereocenters. The lowest BCUT2D eigenvalue weighted by Gasteiger charge is -2.25. The largest absolute Gasteiger partial charge is 0.154 e. The van der Waals surface area contributed by atoms with Crippen LogP contribution in [0.15, 0.2) is 12.1 Å². The van der Waals surface area contributed by atoms with Crippen LogP contribution < -0.4 is 0 Å². The molecule has 1 aliphatic rings. The van der Waals surface area contributed by atoms with E-state index >= 15 is 0 Å². The Morgan fingerprint density at radius 3 is 2.33 bits per heavy atom. The molecule has 0 amide bonds. The lowest BCUT2D eigenvalue weighted by Crippen LogP contribution is -2.13. The second-order valence-electron chi connectivity index (χ2n) is 7.35. The molecule has 0 aromatic carbocycles. The van der Waals surface area contributed by atoms with Crippen LogP contribution >= 0.6 is 0 Å². The number of aryl methyl sites for hydroxylation is 1. The summed E-state index contributed by atoms with van der Waals surface area (Å²) in [5, 5.41) is 8.60. The molecule has 0 unspecified atom stereocenters. The summed E-state index contributed by atoms with van der Waals surface area (Å²) in [6.45, 7) is 4.51. The van der Waals surface area contributed by atoms with Crippen molar-refractivity contribution in [3.8, 4) is 11.8 Å². The summed E-state index contributed by atoms with van der Waals surface area (Å²) in [6.07, 6.45) is 15.6. The predicted octanol–water partition coefficient (Wildman–Crippen LogP) is 5.95. The summed E-state index contributed by atoms with van der Waals surface area (Å²) >= 11 is 0. The van der Waals surface area contributed by atoms with E-state index in [1.165, 1.54) is 70.6 Å². The van der Waals surface area contributed by atoms with Crippen molar-refractivity contribution in [2.45, 2.75) is 90.9 Å². The molecule has 132 valence electrons. The SMILES string of the molecule is CCCCCc1ccc(C#C[C@H]2CC[C@H](CCCCC)CC2)nn1. The van der Waals surface area contributed by atoms with Gasteiger partial charge in [0.1, 0.15) is 5.69 Å². The molecular formula is C22H34N2. The van der Waals surface area contributed by atoms with Crippen LogP contribution in [0.2, 0.25) is 0 Å². The van der Waals surface area contributed by atoms with E-state index in [0.717, 1.165) is 23.7 Å². The van der Waals surface area contributed by atoms with Gasteiger partial charge >= 0.3 is 0 Å². The van der Waals surface area contributed by atoms with Crippen molar-refractivity contribution in [2.24, 2.45) is 11.8 Å². The second kappa shape index (κ2) is 11.2. The first-order valence-electron chi connectivity index (χ1n) is 10.2. The first-order chi connectivity index (χ1) is 11.8. The molecule has 0 N–H and O–H groups in total. The van der Waals surface area contributed by atoms with E-state index in [0.29, 0.717) is 5.92 Å². The fraction of sp³-hybridized carbons (Fsp3) is 0.727. The van der Waals surface area contributed by atoms with Gasteiger partial charge in [-0.15, -0.1) is 5.10 Å². The summed E-state index contributed by atoms with van der Waals surface area (Å²) in [6, 6.07) is 4.13. The highest BCUT2D eigenvalue weighted by Crippen LogP contribution is 2.31. The lowest BCUT2D eigenvalue weighted by atomic mass is 9.80. The smallest absolute Gasteiger partial charge is 0.135 e. The van der Waals surface area contributed by atoms with Crippen LogP contribution in [-0.4, -0.2) is 10.2 Å². The van der Waals surface area contributed by atoms with Gasteiger partial charge in [-0.25, -0.2) is 0 Å². The molecule has 24 heavy (non-hydrogen) atoms. The number of nitrogens with zero attached hydrogens (tertiary/aromatic N) is 2. The van der Waals surface area contributed by atoms with Gasteiger partial charge in [0.15, 0.2) is 0 Å². The van der Waals surface area contributed by atoms with Crippen molar-refractivity contribution in [2.75, 3.05) is 0 Å². The van der Waals surface area contributed by atoms with Crippen LogP contribution in [0.5, 0.6) is 0 Å². The highest BCUT2D eigenvalue weighted by molar-refractivity contribution is 5.27. The van der Waals surface area contributed by atoms with Crippen LogP contribution in [-0.2, 0) is 6.42 Å². The third kappa shape index (κ3) is 7.04. The third-order valence-electron chi connectivity index (χ3n) is 5.22. The van der Waals surface area contributed by atoms with Crippen molar-refractivity contribution < 1.29 is 0 Å². The van der Waals surface area contributed by atoms with Gasteiger partial charge in [0.2, 0.25) is 0 Å². The zero-order valence-electron chi connectivity index (χ0n) is 15.7. The molecule has 1 heterocycles. The summed E-state index contributed by atoms with van der Waals surface area (Å²) < 4.78 is 0. The minimum atomic E-state index is 0.568. The topological polar surface area (TPSA) is 25.8 Å². The highest BCUT2D eigenvalue weighted by Gasteiger charge is 2.19. The molecule has 2 heteroatoms. The van der Waals surface area contributed by atoms with Crippen LogP contribution in [0.25, 0.3) is 0 Å². The summed E-state index contributed by atoms with van der Waals surface area (Å²) in [7, 11) is 0. The Labute approximate surface area is 148 Å². The van der Waals surface area contributed by atoms with Gasteiger partial charge in [0.05, 0.1) is 5.69 Å². The summed E-state index contributed by atoms with van der Waals surface area (Å²) in [4.78, 5) is 0. The highest BCUT2D eigenvalue weighted by atomic mass is 15.1. The Kier molecular flexibility index (Phi) is 8.88. The molecule has 1 aromatic heterocycles. The van der Waals surface area contributed by atoms with Crippen molar-refractivity contribution >= 4 is 0 Å². The maximum Gasteiger partial charge on any atom is 0.135 e. The van der Waals surface area contributed by atoms with Gasteiger partial charge < -0.3 is 0 Å². The van der Waals surface area contributed by atoms with Gasteiger partial charge in [0, 0.05) is 5.92 Å². The standard InChI is InChI=1S/C22H34N2/c1-3-5-7-9-19-11-13-20(14-12-19)15-16-22-18-17-21(23-24-22)10-8-6-4-2/h17-20H,3-14H2,1-2H3/t19-,20-. The van der Waals surface area contributed by atoms with Crippen molar-refractivity contribution in [1.29, 1.82) is 0 Å². The van der Waals surface area contributed by atoms with Crippen molar-refractivity contribution in [3.63, 3.8) is 0 Å². The summed E-state index contributed by atoms with van der Waals surface area (Å²) in [5.41, 5.74) is 1.93. The molecule has 1 aromatic rings. The van der Waals surface area contributed by atoms with E-state index in [1.54, 1.807) is 0 Å². The Hall–Kier alpha value is -1.36. The Bertz CT molecular complexity index is 501. The molecule has 1 aliphatic carbocycles. The monoisotopic (exact) mass is 326 g/mol. The number of rotatable bonds is 8. The molecule has 1 fully saturated rings. The van der Waals surface area contributed by atoms with Gasteiger partial charge in [-0.3, -0.25) is 0 Å². The van der Waals surface area contributed by atoms with E-state index in [1.807, 2.05) is 6.07 Å². The van der Waals surface area contributed by atoms with Crippen molar-refractivity contribution in [1.82, 2.24) is 10.2 Å². The van der Waals surface area contributed by atoms with Crippen LogP contribution in [0.1, 0.15) is 95.9 Å². The van der Waals surface area contributed by atoms with Gasteiger partial charge in [-0.1, -0.05) is 58.3 Å². The molecule has 0 spiro atoms. The van der Waals surface area contributed by atoms with E-state index in [4.69, 9.17) is 0 Å². The predicted molar refractivity (Wildman–Crippen MR) is 102 cm³/mol. The normalized spacial score (nSPS) is 20.4. The van der Waals surface area contributed by atoms with Crippen LogP contribution in [0.4, 0.5) is 0 Å². The maximum atomic E-state index is 4.32. The Morgan fingerprint density at radius 2 is 1.67 bits per heavy atom. The Morgan fingerprint density at radius 1 is 0.917 bits per heavy atom. The minimum absolute atomic E-state index is 0.568. The van der Waals surface area contributed by atoms with E-state index in [-0.39, 0.29) is 0 Å². The fourth-order valence-corrected chi connectivity index (χ4v) is 3.57. The van der Waals surface area contributed by atoms with E-state index < -0.39 is 0 Å². The van der Waals surface area contributed by atoms with Crippen LogP contribution in [0, 0.1) is 23.7 Å². The second-order valence-corrected chi connectivity index (χ2v) is 7.35. The van der Waals surface area contributed by atoms with Crippen LogP contribution in [0.3, 0.4) is 0 Å². The molecule has 2 rings (SSSR count). The number of hydrogen-bond acceptors (Lipinski definition) is 2. The van der Waals surface area contributed by atoms with E-state index in [9.17, 15) is 0 Å². The van der Waals surface area contributed by atoms with Gasteiger partial charge in [-0.05, 0) is 62.5 Å². The number of aromatic nitrogens is 2. The van der Waals surface area contributed by atoms with Crippen molar-refractivity contribution in [3.05, 3.63) is 23.5 Å². The molecule has 0 bridgehead atoms. The quantitative estimate of drug-likeness (QED) is 0.436. The zero-order valence-corrected chi connectivity index (χ0v) is 15.7. The molecule has 0 aliphatic heterocycles. The Balaban J connectivity index is 1.73. The van der Waals surface area contributed by atoms with Gasteiger partial charge in [0.25, 0.3) is 0 Å². The average molecular weight is 327 g/mol. The maximum absolute atomic E-state index is 4.32. The molecule has 2 nitrogen and oxygen atoms in total. The molecule has 0 saturated heterocycles. The molecule has 0 radical (unpaired) electrons.